The lowest BCUT2D eigenvalue weighted by atomic mass is 9.97. The van der Waals surface area contributed by atoms with Gasteiger partial charge in [0.05, 0.1) is 11.3 Å². The van der Waals surface area contributed by atoms with Crippen LogP contribution in [0.3, 0.4) is 0 Å². The Morgan fingerprint density at radius 1 is 0.800 bits per heavy atom. The number of imide groups is 1. The molecule has 0 fully saturated rings. The van der Waals surface area contributed by atoms with Crippen molar-refractivity contribution >= 4 is 28.8 Å². The molecule has 30 heavy (non-hydrogen) atoms. The molecule has 0 radical (unpaired) electrons. The summed E-state index contributed by atoms with van der Waals surface area (Å²) in [4.78, 5) is 28.0. The maximum atomic E-state index is 13.5. The van der Waals surface area contributed by atoms with Gasteiger partial charge in [-0.15, -0.1) is 0 Å². The first-order valence-electron chi connectivity index (χ1n) is 9.65. The van der Waals surface area contributed by atoms with Crippen molar-refractivity contribution in [2.75, 3.05) is 10.2 Å². The van der Waals surface area contributed by atoms with Crippen molar-refractivity contribution in [3.05, 3.63) is 100 Å². The molecule has 0 saturated carbocycles. The summed E-state index contributed by atoms with van der Waals surface area (Å²) in [7, 11) is 0. The van der Waals surface area contributed by atoms with Gasteiger partial charge in [-0.05, 0) is 73.9 Å². The SMILES string of the molecule is Cc1cccc(N2C(=O)C(Nc3ccc(F)cc3)=C(c3ccc(C)cc3C)C2=O)c1. The summed E-state index contributed by atoms with van der Waals surface area (Å²) in [5.41, 5.74) is 5.14. The number of halogens is 1. The van der Waals surface area contributed by atoms with Gasteiger partial charge in [0.15, 0.2) is 0 Å². The molecule has 1 heterocycles. The molecule has 0 spiro atoms. The zero-order valence-electron chi connectivity index (χ0n) is 17.0. The molecule has 3 aromatic carbocycles. The highest BCUT2D eigenvalue weighted by molar-refractivity contribution is 6.46. The van der Waals surface area contributed by atoms with Gasteiger partial charge in [-0.2, -0.15) is 0 Å². The number of carbonyl (C=O) groups excluding carboxylic acids is 2. The Kier molecular flexibility index (Phi) is 4.96. The molecule has 1 aliphatic rings. The van der Waals surface area contributed by atoms with Gasteiger partial charge in [0.2, 0.25) is 0 Å². The lowest BCUT2D eigenvalue weighted by molar-refractivity contribution is -0.120. The highest BCUT2D eigenvalue weighted by atomic mass is 19.1. The van der Waals surface area contributed by atoms with E-state index in [0.29, 0.717) is 22.5 Å². The van der Waals surface area contributed by atoms with Crippen LogP contribution in [0, 0.1) is 26.6 Å². The zero-order chi connectivity index (χ0) is 21.4. The molecule has 4 rings (SSSR count). The minimum atomic E-state index is -0.440. The van der Waals surface area contributed by atoms with E-state index in [-0.39, 0.29) is 17.4 Å². The van der Waals surface area contributed by atoms with Gasteiger partial charge >= 0.3 is 0 Å². The number of anilines is 2. The van der Waals surface area contributed by atoms with Crippen LogP contribution < -0.4 is 10.2 Å². The third kappa shape index (κ3) is 3.50. The van der Waals surface area contributed by atoms with Gasteiger partial charge in [0, 0.05) is 5.69 Å². The second kappa shape index (κ2) is 7.59. The first-order valence-corrected chi connectivity index (χ1v) is 9.65. The Bertz CT molecular complexity index is 1200. The van der Waals surface area contributed by atoms with Crippen LogP contribution >= 0.6 is 0 Å². The summed E-state index contributed by atoms with van der Waals surface area (Å²) in [6.07, 6.45) is 0. The molecule has 0 unspecified atom stereocenters. The average molecular weight is 400 g/mol. The number of amides is 2. The maximum Gasteiger partial charge on any atom is 0.282 e. The van der Waals surface area contributed by atoms with Crippen molar-refractivity contribution < 1.29 is 14.0 Å². The quantitative estimate of drug-likeness (QED) is 0.617. The van der Waals surface area contributed by atoms with Crippen LogP contribution in [0.1, 0.15) is 22.3 Å². The third-order valence-corrected chi connectivity index (χ3v) is 5.11. The Morgan fingerprint density at radius 2 is 1.50 bits per heavy atom. The highest BCUT2D eigenvalue weighted by Crippen LogP contribution is 2.35. The van der Waals surface area contributed by atoms with Crippen molar-refractivity contribution in [3.8, 4) is 0 Å². The number of hydrogen-bond donors (Lipinski definition) is 1. The molecule has 2 amide bonds. The lowest BCUT2D eigenvalue weighted by Crippen LogP contribution is -2.32. The van der Waals surface area contributed by atoms with E-state index in [0.717, 1.165) is 16.7 Å². The highest BCUT2D eigenvalue weighted by Gasteiger charge is 2.40. The Morgan fingerprint density at radius 3 is 2.17 bits per heavy atom. The van der Waals surface area contributed by atoms with E-state index in [4.69, 9.17) is 0 Å². The van der Waals surface area contributed by atoms with E-state index in [1.54, 1.807) is 12.1 Å². The normalized spacial score (nSPS) is 13.9. The van der Waals surface area contributed by atoms with Gasteiger partial charge in [-0.1, -0.05) is 35.9 Å². The Balaban J connectivity index is 1.86. The standard InChI is InChI=1S/C25H21FN2O2/c1-15-5-4-6-20(14-15)28-24(29)22(21-12-7-16(2)13-17(21)3)23(25(28)30)27-19-10-8-18(26)9-11-19/h4-14,27H,1-3H3. The van der Waals surface area contributed by atoms with Gasteiger partial charge in [0.1, 0.15) is 11.5 Å². The molecule has 0 saturated heterocycles. The molecule has 1 aliphatic heterocycles. The number of nitrogens with one attached hydrogen (secondary N) is 1. The van der Waals surface area contributed by atoms with E-state index < -0.39 is 5.91 Å². The first-order chi connectivity index (χ1) is 14.3. The van der Waals surface area contributed by atoms with Crippen LogP contribution in [0.2, 0.25) is 0 Å². The van der Waals surface area contributed by atoms with Crippen molar-refractivity contribution in [1.82, 2.24) is 0 Å². The number of carbonyl (C=O) groups is 2. The second-order valence-corrected chi connectivity index (χ2v) is 7.48. The minimum Gasteiger partial charge on any atom is -0.350 e. The smallest absolute Gasteiger partial charge is 0.282 e. The minimum absolute atomic E-state index is 0.181. The Hall–Kier alpha value is -3.73. The molecule has 0 aliphatic carbocycles. The fourth-order valence-electron chi connectivity index (χ4n) is 3.67. The van der Waals surface area contributed by atoms with Crippen molar-refractivity contribution in [1.29, 1.82) is 0 Å². The van der Waals surface area contributed by atoms with Gasteiger partial charge in [-0.3, -0.25) is 9.59 Å². The monoisotopic (exact) mass is 400 g/mol. The summed E-state index contributed by atoms with van der Waals surface area (Å²) in [5, 5.41) is 3.05. The second-order valence-electron chi connectivity index (χ2n) is 7.48. The summed E-state index contributed by atoms with van der Waals surface area (Å²) in [5.74, 6) is -1.20. The summed E-state index contributed by atoms with van der Waals surface area (Å²) in [6, 6.07) is 18.7. The van der Waals surface area contributed by atoms with Crippen molar-refractivity contribution in [2.45, 2.75) is 20.8 Å². The molecule has 3 aromatic rings. The average Bonchev–Trinajstić information content (AvgIpc) is 2.94. The van der Waals surface area contributed by atoms with Crippen LogP contribution in [0.25, 0.3) is 5.57 Å². The molecule has 0 bridgehead atoms. The summed E-state index contributed by atoms with van der Waals surface area (Å²) < 4.78 is 13.3. The molecule has 0 aromatic heterocycles. The fourth-order valence-corrected chi connectivity index (χ4v) is 3.67. The van der Waals surface area contributed by atoms with Crippen LogP contribution in [-0.2, 0) is 9.59 Å². The van der Waals surface area contributed by atoms with E-state index in [1.807, 2.05) is 51.1 Å². The third-order valence-electron chi connectivity index (χ3n) is 5.11. The molecule has 5 heteroatoms. The zero-order valence-corrected chi connectivity index (χ0v) is 17.0. The van der Waals surface area contributed by atoms with Crippen LogP contribution in [0.4, 0.5) is 15.8 Å². The van der Waals surface area contributed by atoms with E-state index in [2.05, 4.69) is 5.32 Å². The molecule has 4 nitrogen and oxygen atoms in total. The number of aryl methyl sites for hydroxylation is 3. The van der Waals surface area contributed by atoms with Crippen LogP contribution in [0.5, 0.6) is 0 Å². The largest absolute Gasteiger partial charge is 0.350 e. The van der Waals surface area contributed by atoms with E-state index in [9.17, 15) is 14.0 Å². The van der Waals surface area contributed by atoms with Crippen LogP contribution in [-0.4, -0.2) is 11.8 Å². The summed E-state index contributed by atoms with van der Waals surface area (Å²) in [6.45, 7) is 5.80. The van der Waals surface area contributed by atoms with Crippen molar-refractivity contribution in [3.63, 3.8) is 0 Å². The van der Waals surface area contributed by atoms with E-state index >= 15 is 0 Å². The van der Waals surface area contributed by atoms with Gasteiger partial charge in [-0.25, -0.2) is 9.29 Å². The molecular formula is C25H21FN2O2. The molecule has 150 valence electrons. The number of benzene rings is 3. The predicted octanol–water partition coefficient (Wildman–Crippen LogP) is 5.15. The Labute approximate surface area is 174 Å². The first kappa shape index (κ1) is 19.6. The summed E-state index contributed by atoms with van der Waals surface area (Å²) >= 11 is 0. The van der Waals surface area contributed by atoms with Crippen molar-refractivity contribution in [2.24, 2.45) is 0 Å². The molecule has 0 atom stereocenters. The number of nitrogens with zero attached hydrogens (tertiary/aromatic N) is 1. The number of hydrogen-bond acceptors (Lipinski definition) is 3. The van der Waals surface area contributed by atoms with E-state index in [1.165, 1.54) is 29.2 Å². The lowest BCUT2D eigenvalue weighted by Gasteiger charge is -2.16. The number of rotatable bonds is 4. The fraction of sp³-hybridized carbons (Fsp3) is 0.120. The van der Waals surface area contributed by atoms with Crippen LogP contribution in [0.15, 0.2) is 72.4 Å². The maximum absolute atomic E-state index is 13.5. The molecule has 1 N–H and O–H groups in total. The van der Waals surface area contributed by atoms with Gasteiger partial charge < -0.3 is 5.32 Å². The van der Waals surface area contributed by atoms with Gasteiger partial charge in [0.25, 0.3) is 11.8 Å². The molecular weight excluding hydrogens is 379 g/mol. The topological polar surface area (TPSA) is 49.4 Å². The predicted molar refractivity (Wildman–Crippen MR) is 117 cm³/mol.